The quantitative estimate of drug-likeness (QED) is 0.0226. The molecule has 0 atom stereocenters. The van der Waals surface area contributed by atoms with Crippen LogP contribution in [0.3, 0.4) is 0 Å². The van der Waals surface area contributed by atoms with Gasteiger partial charge in [0.1, 0.15) is 40.1 Å². The molecular weight excluding hydrogens is 1870 g/mol. The fourth-order valence-corrected chi connectivity index (χ4v) is 18.2. The molecule has 0 spiro atoms. The first kappa shape index (κ1) is 106. The number of benzene rings is 8. The Morgan fingerprint density at radius 1 is 0.380 bits per heavy atom. The minimum atomic E-state index is -0.510. The number of nitrogens with two attached hydrogens (primary N) is 4. The van der Waals surface area contributed by atoms with Gasteiger partial charge in [0, 0.05) is 191 Å². The van der Waals surface area contributed by atoms with Gasteiger partial charge in [0.25, 0.3) is 11.8 Å². The number of esters is 1. The van der Waals surface area contributed by atoms with E-state index in [0.717, 1.165) is 149 Å². The summed E-state index contributed by atoms with van der Waals surface area (Å²) in [6.07, 6.45) is 19.7. The third-order valence-electron chi connectivity index (χ3n) is 24.9. The molecule has 4 amide bonds. The summed E-state index contributed by atoms with van der Waals surface area (Å²) in [5.41, 5.74) is 31.1. The molecule has 4 aliphatic rings. The average Bonchev–Trinajstić information content (AvgIpc) is 1.18. The number of rotatable bonds is 16. The molecule has 23 nitrogen and oxygen atoms in total. The number of fused-ring (bicyclic) bond motifs is 4. The van der Waals surface area contributed by atoms with Crippen molar-refractivity contribution in [2.24, 2.45) is 17.8 Å². The van der Waals surface area contributed by atoms with Gasteiger partial charge in [-0.1, -0.05) is 142 Å². The summed E-state index contributed by atoms with van der Waals surface area (Å²) < 4.78 is 16.1. The molecule has 4 aromatic heterocycles. The number of pyridine rings is 4. The highest BCUT2D eigenvalue weighted by Crippen LogP contribution is 2.35. The highest BCUT2D eigenvalue weighted by Gasteiger charge is 2.32. The number of nitrogens with one attached hydrogen (secondary N) is 2. The van der Waals surface area contributed by atoms with Gasteiger partial charge < -0.3 is 62.5 Å². The summed E-state index contributed by atoms with van der Waals surface area (Å²) in [4.78, 5) is 111. The molecule has 27 heteroatoms. The Morgan fingerprint density at radius 2 is 0.683 bits per heavy atom. The number of Topliss-reactive ketones (excluding diaryl/α,β-unsaturated/α-hetero) is 2. The van der Waals surface area contributed by atoms with E-state index in [1.165, 1.54) is 25.9 Å². The zero-order chi connectivity index (χ0) is 102. The maximum Gasteiger partial charge on any atom is 0.407 e. The van der Waals surface area contributed by atoms with Crippen LogP contribution in [0.5, 0.6) is 0 Å². The fourth-order valence-electron chi connectivity index (χ4n) is 17.5. The Morgan fingerprint density at radius 3 is 1.00 bits per heavy atom. The second-order valence-electron chi connectivity index (χ2n) is 39.4. The Bertz CT molecular complexity index is 6650. The van der Waals surface area contributed by atoms with Crippen molar-refractivity contribution < 1.29 is 47.8 Å². The summed E-state index contributed by atoms with van der Waals surface area (Å²) in [6, 6.07) is 51.7. The molecule has 2 aliphatic heterocycles. The van der Waals surface area contributed by atoms with E-state index in [1.54, 1.807) is 60.0 Å². The second kappa shape index (κ2) is 48.6. The molecule has 2 saturated carbocycles. The van der Waals surface area contributed by atoms with Crippen molar-refractivity contribution in [3.05, 3.63) is 281 Å². The van der Waals surface area contributed by atoms with Gasteiger partial charge in [-0.2, -0.15) is 0 Å². The van der Waals surface area contributed by atoms with E-state index in [2.05, 4.69) is 82.8 Å². The van der Waals surface area contributed by atoms with Crippen LogP contribution in [0.2, 0.25) is 20.1 Å². The monoisotopic (exact) mass is 1980 g/mol. The Labute approximate surface area is 851 Å². The van der Waals surface area contributed by atoms with E-state index in [-0.39, 0.29) is 59.5 Å². The smallest absolute Gasteiger partial charge is 0.407 e. The van der Waals surface area contributed by atoms with Gasteiger partial charge in [-0.3, -0.25) is 24.0 Å². The van der Waals surface area contributed by atoms with Crippen LogP contribution in [0.4, 0.5) is 32.9 Å². The van der Waals surface area contributed by atoms with Crippen molar-refractivity contribution >= 4 is 154 Å². The summed E-state index contributed by atoms with van der Waals surface area (Å²) >= 11 is 24.6. The van der Waals surface area contributed by atoms with Gasteiger partial charge >= 0.3 is 18.2 Å². The zero-order valence-electron chi connectivity index (χ0n) is 82.0. The highest BCUT2D eigenvalue weighted by molar-refractivity contribution is 6.32. The van der Waals surface area contributed by atoms with Crippen LogP contribution >= 0.6 is 46.4 Å². The van der Waals surface area contributed by atoms with Crippen molar-refractivity contribution in [3.63, 3.8) is 0 Å². The lowest BCUT2D eigenvalue weighted by Crippen LogP contribution is -2.41. The lowest BCUT2D eigenvalue weighted by Gasteiger charge is -2.32. The predicted octanol–water partition coefficient (Wildman–Crippen LogP) is 22.9. The number of halogens is 4. The van der Waals surface area contributed by atoms with Crippen molar-refractivity contribution in [1.82, 2.24) is 45.3 Å². The van der Waals surface area contributed by atoms with Gasteiger partial charge in [0.2, 0.25) is 0 Å². The molecule has 0 bridgehead atoms. The number of carbonyl (C=O) groups excluding carboxylic acids is 7. The first-order valence-corrected chi connectivity index (χ1v) is 49.6. The molecule has 12 aromatic rings. The SMILES string of the molecule is CC(C)(C)OC(=O)CC1CCN(C(=O)c2ccc(C#Cc3c(N)ncc4ccc(Cl)cc34)cc2)CC1.CC(C)(C)OC(=O)NC1CCC(CC(=O)c2ccc(C#Cc3c(N)ncc4ccc(Cl)cc34)cc2)CC1.CC(C)(C)OC(=O)NC1CCC(CC(=O)c2ccc(C#Cc3c(N)ncc4ccc(Cl)cc34)cc2)CC1.CN(CCCN1CCCC1)C(=O)c1ccc(C#Cc2c(N)ncc3ccc(Cl)cc23)cc1. The molecule has 2 aliphatic carbocycles. The van der Waals surface area contributed by atoms with E-state index in [4.69, 9.17) is 83.5 Å². The maximum absolute atomic E-state index is 13.0. The second-order valence-corrected chi connectivity index (χ2v) is 41.2. The number of ether oxygens (including phenoxy) is 3. The zero-order valence-corrected chi connectivity index (χ0v) is 85.0. The molecule has 4 fully saturated rings. The molecule has 0 radical (unpaired) electrons. The number of amides is 4. The Kier molecular flexibility index (Phi) is 36.1. The standard InChI is InChI=1S/2C30H32ClN3O3.C29H30ClN3O3.C26H27ClN4O/c2*1-30(2,3)37-29(36)34-24-13-6-20(7-14-24)16-27(35)21-9-4-19(5-10-21)8-15-25-26-17-23(31)12-11-22(26)18-33-28(25)32;1-29(2,3)36-26(34)16-20-12-14-33(15-13-20)28(35)21-7-4-19(5-8-21)6-11-24-25-17-23(30)10-9-22(25)18-32-27(24)31;1-30(13-4-16-31-14-2-3-15-31)26(32)20-8-5-19(6-9-20)7-12-23-24-17-22(27)11-10-21(24)18-29-25(23)28/h2*4-5,9-12,17-18,20,24H,6-7,13-14,16H2,1-3H3,(H2,32,33)(H,34,36);4-5,7-10,17-18,20H,12-16H2,1-3H3,(H2,31,32);5-6,8-11,17-18H,2-4,13-16H2,1H3,(H2,28,29). The van der Waals surface area contributed by atoms with E-state index in [9.17, 15) is 33.6 Å². The Hall–Kier alpha value is -13.8. The Balaban J connectivity index is 0.000000159. The minimum absolute atomic E-state index is 0.0117. The van der Waals surface area contributed by atoms with Crippen LogP contribution in [0.25, 0.3) is 43.1 Å². The van der Waals surface area contributed by atoms with Crippen LogP contribution in [0, 0.1) is 65.1 Å². The maximum atomic E-state index is 13.0. The van der Waals surface area contributed by atoms with Gasteiger partial charge in [0.15, 0.2) is 11.6 Å². The lowest BCUT2D eigenvalue weighted by molar-refractivity contribution is -0.156. The average molecular weight is 1990 g/mol. The van der Waals surface area contributed by atoms with E-state index in [1.807, 2.05) is 214 Å². The first-order chi connectivity index (χ1) is 67.7. The number of piperidine rings is 1. The number of carbonyl (C=O) groups is 7. The van der Waals surface area contributed by atoms with Crippen molar-refractivity contribution in [3.8, 4) is 47.4 Å². The van der Waals surface area contributed by atoms with Crippen molar-refractivity contribution in [1.29, 1.82) is 0 Å². The van der Waals surface area contributed by atoms with Gasteiger partial charge in [-0.15, -0.1) is 0 Å². The number of anilines is 4. The topological polar surface area (TPSA) is 337 Å². The highest BCUT2D eigenvalue weighted by atomic mass is 35.5. The molecule has 734 valence electrons. The van der Waals surface area contributed by atoms with E-state index in [0.29, 0.717) is 132 Å². The number of alkyl carbamates (subject to hydrolysis) is 2. The van der Waals surface area contributed by atoms with Gasteiger partial charge in [-0.05, 0) is 304 Å². The van der Waals surface area contributed by atoms with Crippen LogP contribution in [0.15, 0.2) is 195 Å². The van der Waals surface area contributed by atoms with Gasteiger partial charge in [-0.25, -0.2) is 29.5 Å². The number of likely N-dealkylation sites (tertiary alicyclic amines) is 2. The van der Waals surface area contributed by atoms with Crippen LogP contribution in [-0.4, -0.2) is 151 Å². The number of nitrogen functional groups attached to an aromatic ring is 4. The van der Waals surface area contributed by atoms with Crippen molar-refractivity contribution in [2.75, 3.05) is 69.3 Å². The third-order valence-corrected chi connectivity index (χ3v) is 25.9. The number of aromatic nitrogens is 4. The first-order valence-electron chi connectivity index (χ1n) is 48.1. The predicted molar refractivity (Wildman–Crippen MR) is 569 cm³/mol. The van der Waals surface area contributed by atoms with Crippen LogP contribution in [-0.2, 0) is 19.0 Å². The lowest BCUT2D eigenvalue weighted by atomic mass is 9.82. The van der Waals surface area contributed by atoms with Crippen LogP contribution in [0.1, 0.15) is 251 Å². The summed E-state index contributed by atoms with van der Waals surface area (Å²) in [6.45, 7) is 22.2. The number of ketones is 2. The molecule has 6 heterocycles. The number of nitrogens with zero attached hydrogens (tertiary/aromatic N) is 7. The minimum Gasteiger partial charge on any atom is -0.460 e. The number of hydrogen-bond acceptors (Lipinski definition) is 19. The molecule has 142 heavy (non-hydrogen) atoms. The summed E-state index contributed by atoms with van der Waals surface area (Å²) in [5.74, 6) is 27.4. The molecule has 0 unspecified atom stereocenters. The van der Waals surface area contributed by atoms with E-state index >= 15 is 0 Å². The molecule has 10 N–H and O–H groups in total. The molecule has 2 saturated heterocycles. The fraction of sp³-hybridized carbons (Fsp3) is 0.348. The van der Waals surface area contributed by atoms with E-state index < -0.39 is 16.8 Å². The number of hydrogen-bond donors (Lipinski definition) is 6. The summed E-state index contributed by atoms with van der Waals surface area (Å²) in [7, 11) is 1.86. The van der Waals surface area contributed by atoms with Crippen molar-refractivity contribution in [2.45, 2.75) is 194 Å². The van der Waals surface area contributed by atoms with Gasteiger partial charge in [0.05, 0.1) is 22.3 Å². The summed E-state index contributed by atoms with van der Waals surface area (Å²) in [5, 5.41) is 15.5. The largest absolute Gasteiger partial charge is 0.460 e. The molecule has 16 rings (SSSR count). The normalized spacial score (nSPS) is 15.8. The molecule has 8 aromatic carbocycles. The third kappa shape index (κ3) is 31.1. The molecular formula is C115H121Cl4N13O10. The van der Waals surface area contributed by atoms with Crippen LogP contribution < -0.4 is 33.6 Å².